The van der Waals surface area contributed by atoms with Gasteiger partial charge in [-0.2, -0.15) is 5.10 Å². The molecule has 0 amide bonds. The first-order valence-electron chi connectivity index (χ1n) is 7.16. The van der Waals surface area contributed by atoms with Crippen molar-refractivity contribution < 1.29 is 4.79 Å². The molecule has 2 rings (SSSR count). The van der Waals surface area contributed by atoms with Crippen molar-refractivity contribution in [3.63, 3.8) is 0 Å². The zero-order valence-electron chi connectivity index (χ0n) is 12.5. The number of ketones is 1. The van der Waals surface area contributed by atoms with Crippen molar-refractivity contribution in [1.29, 1.82) is 0 Å². The molecule has 0 aliphatic rings. The average Bonchev–Trinajstić information content (AvgIpc) is 2.86. The second kappa shape index (κ2) is 6.51. The first kappa shape index (κ1) is 14.5. The Balaban J connectivity index is 1.88. The molecule has 0 aliphatic heterocycles. The Labute approximate surface area is 120 Å². The molecule has 3 heteroatoms. The molecule has 2 aromatic rings. The van der Waals surface area contributed by atoms with Gasteiger partial charge in [-0.25, -0.2) is 0 Å². The topological polar surface area (TPSA) is 34.9 Å². The van der Waals surface area contributed by atoms with Crippen molar-refractivity contribution in [1.82, 2.24) is 9.78 Å². The minimum Gasteiger partial charge on any atom is -0.299 e. The molecule has 20 heavy (non-hydrogen) atoms. The maximum atomic E-state index is 12.0. The first-order chi connectivity index (χ1) is 9.56. The number of carbonyl (C=O) groups is 1. The molecule has 0 saturated carbocycles. The third kappa shape index (κ3) is 3.80. The van der Waals surface area contributed by atoms with Gasteiger partial charge in [-0.1, -0.05) is 24.3 Å². The number of Topliss-reactive ketones (excluding diaryl/α,β-unsaturated/α-hetero) is 1. The maximum Gasteiger partial charge on any atom is 0.139 e. The summed E-state index contributed by atoms with van der Waals surface area (Å²) in [5, 5.41) is 4.42. The van der Waals surface area contributed by atoms with E-state index in [0.717, 1.165) is 12.1 Å². The summed E-state index contributed by atoms with van der Waals surface area (Å²) in [5.41, 5.74) is 3.38. The van der Waals surface area contributed by atoms with Gasteiger partial charge < -0.3 is 0 Å². The molecule has 1 aromatic carbocycles. The number of carbonyl (C=O) groups excluding carboxylic acids is 1. The van der Waals surface area contributed by atoms with Gasteiger partial charge in [-0.3, -0.25) is 9.48 Å². The highest BCUT2D eigenvalue weighted by Crippen LogP contribution is 2.11. The van der Waals surface area contributed by atoms with E-state index in [1.165, 1.54) is 11.1 Å². The van der Waals surface area contributed by atoms with Gasteiger partial charge in [-0.15, -0.1) is 0 Å². The van der Waals surface area contributed by atoms with Crippen LogP contribution in [-0.2, 0) is 17.6 Å². The van der Waals surface area contributed by atoms with E-state index in [-0.39, 0.29) is 5.78 Å². The predicted octanol–water partition coefficient (Wildman–Crippen LogP) is 3.52. The molecular weight excluding hydrogens is 248 g/mol. The van der Waals surface area contributed by atoms with Crippen LogP contribution < -0.4 is 0 Å². The largest absolute Gasteiger partial charge is 0.299 e. The second-order valence-electron chi connectivity index (χ2n) is 5.52. The van der Waals surface area contributed by atoms with Crippen LogP contribution in [-0.4, -0.2) is 15.6 Å². The Morgan fingerprint density at radius 1 is 1.25 bits per heavy atom. The van der Waals surface area contributed by atoms with Crippen LogP contribution in [0.1, 0.15) is 43.1 Å². The van der Waals surface area contributed by atoms with Gasteiger partial charge in [0.1, 0.15) is 5.78 Å². The van der Waals surface area contributed by atoms with Crippen LogP contribution in [0.25, 0.3) is 0 Å². The highest BCUT2D eigenvalue weighted by Gasteiger charge is 2.09. The molecule has 0 unspecified atom stereocenters. The first-order valence-corrected chi connectivity index (χ1v) is 7.16. The van der Waals surface area contributed by atoms with Crippen molar-refractivity contribution in [2.24, 2.45) is 0 Å². The summed E-state index contributed by atoms with van der Waals surface area (Å²) in [6.45, 7) is 6.25. The lowest BCUT2D eigenvalue weighted by atomic mass is 10.0. The van der Waals surface area contributed by atoms with Crippen LogP contribution in [0.4, 0.5) is 0 Å². The Morgan fingerprint density at radius 2 is 2.00 bits per heavy atom. The van der Waals surface area contributed by atoms with E-state index < -0.39 is 0 Å². The van der Waals surface area contributed by atoms with E-state index in [0.29, 0.717) is 18.9 Å². The van der Waals surface area contributed by atoms with Crippen molar-refractivity contribution in [3.8, 4) is 0 Å². The fraction of sp³-hybridized carbons (Fsp3) is 0.412. The van der Waals surface area contributed by atoms with E-state index in [1.807, 2.05) is 29.1 Å². The van der Waals surface area contributed by atoms with Crippen LogP contribution >= 0.6 is 0 Å². The minimum atomic E-state index is 0.252. The van der Waals surface area contributed by atoms with E-state index in [4.69, 9.17) is 0 Å². The van der Waals surface area contributed by atoms with Crippen LogP contribution in [0.3, 0.4) is 0 Å². The fourth-order valence-corrected chi connectivity index (χ4v) is 2.21. The normalized spacial score (nSPS) is 11.0. The zero-order valence-corrected chi connectivity index (χ0v) is 12.5. The third-order valence-corrected chi connectivity index (χ3v) is 3.51. The molecule has 106 valence electrons. The van der Waals surface area contributed by atoms with E-state index >= 15 is 0 Å². The van der Waals surface area contributed by atoms with Gasteiger partial charge in [0, 0.05) is 18.7 Å². The molecule has 0 radical (unpaired) electrons. The Hall–Kier alpha value is -1.90. The lowest BCUT2D eigenvalue weighted by Gasteiger charge is -2.05. The second-order valence-corrected chi connectivity index (χ2v) is 5.52. The summed E-state index contributed by atoms with van der Waals surface area (Å²) in [6, 6.07) is 10.5. The number of aromatic nitrogens is 2. The zero-order chi connectivity index (χ0) is 14.5. The third-order valence-electron chi connectivity index (χ3n) is 3.51. The van der Waals surface area contributed by atoms with Gasteiger partial charge in [0.15, 0.2) is 0 Å². The Morgan fingerprint density at radius 3 is 2.65 bits per heavy atom. The van der Waals surface area contributed by atoms with Gasteiger partial charge >= 0.3 is 0 Å². The van der Waals surface area contributed by atoms with Gasteiger partial charge in [-0.05, 0) is 44.4 Å². The number of aryl methyl sites for hydroxylation is 2. The molecule has 1 aromatic heterocycles. The summed E-state index contributed by atoms with van der Waals surface area (Å²) >= 11 is 0. The average molecular weight is 270 g/mol. The standard InChI is InChI=1S/C17H22N2O/c1-13(2)19-11-10-16(18-19)12-17(20)9-8-15-7-5-4-6-14(15)3/h4-7,10-11,13H,8-9,12H2,1-3H3. The maximum absolute atomic E-state index is 12.0. The van der Waals surface area contributed by atoms with Crippen molar-refractivity contribution in [2.45, 2.75) is 46.1 Å². The summed E-state index contributed by atoms with van der Waals surface area (Å²) in [6.07, 6.45) is 3.77. The lowest BCUT2D eigenvalue weighted by Crippen LogP contribution is -2.07. The quantitative estimate of drug-likeness (QED) is 0.805. The lowest BCUT2D eigenvalue weighted by molar-refractivity contribution is -0.118. The Bertz CT molecular complexity index is 584. The summed E-state index contributed by atoms with van der Waals surface area (Å²) in [4.78, 5) is 12.0. The molecule has 0 spiro atoms. The van der Waals surface area contributed by atoms with Crippen molar-refractivity contribution >= 4 is 5.78 Å². The summed E-state index contributed by atoms with van der Waals surface area (Å²) in [7, 11) is 0. The van der Waals surface area contributed by atoms with E-state index in [1.54, 1.807) is 0 Å². The number of hydrogen-bond donors (Lipinski definition) is 0. The number of benzene rings is 1. The SMILES string of the molecule is Cc1ccccc1CCC(=O)Cc1ccn(C(C)C)n1. The highest BCUT2D eigenvalue weighted by molar-refractivity contribution is 5.80. The molecule has 0 atom stereocenters. The van der Waals surface area contributed by atoms with Crippen molar-refractivity contribution in [2.75, 3.05) is 0 Å². The van der Waals surface area contributed by atoms with Crippen molar-refractivity contribution in [3.05, 3.63) is 53.3 Å². The highest BCUT2D eigenvalue weighted by atomic mass is 16.1. The fourth-order valence-electron chi connectivity index (χ4n) is 2.21. The van der Waals surface area contributed by atoms with Gasteiger partial charge in [0.05, 0.1) is 12.1 Å². The molecule has 0 N–H and O–H groups in total. The molecule has 0 fully saturated rings. The molecule has 0 aliphatic carbocycles. The Kier molecular flexibility index (Phi) is 4.72. The number of hydrogen-bond acceptors (Lipinski definition) is 2. The number of nitrogens with zero attached hydrogens (tertiary/aromatic N) is 2. The van der Waals surface area contributed by atoms with Crippen LogP contribution in [0.5, 0.6) is 0 Å². The monoisotopic (exact) mass is 270 g/mol. The summed E-state index contributed by atoms with van der Waals surface area (Å²) in [5.74, 6) is 0.252. The molecule has 0 bridgehead atoms. The van der Waals surface area contributed by atoms with E-state index in [9.17, 15) is 4.79 Å². The smallest absolute Gasteiger partial charge is 0.139 e. The molecular formula is C17H22N2O. The van der Waals surface area contributed by atoms with Crippen LogP contribution in [0.2, 0.25) is 0 Å². The molecule has 0 saturated heterocycles. The van der Waals surface area contributed by atoms with Gasteiger partial charge in [0.25, 0.3) is 0 Å². The molecule has 3 nitrogen and oxygen atoms in total. The predicted molar refractivity (Wildman–Crippen MR) is 80.8 cm³/mol. The minimum absolute atomic E-state index is 0.252. The van der Waals surface area contributed by atoms with E-state index in [2.05, 4.69) is 38.0 Å². The molecule has 1 heterocycles. The number of rotatable bonds is 6. The van der Waals surface area contributed by atoms with Crippen LogP contribution in [0, 0.1) is 6.92 Å². The summed E-state index contributed by atoms with van der Waals surface area (Å²) < 4.78 is 1.89. The van der Waals surface area contributed by atoms with Gasteiger partial charge in [0.2, 0.25) is 0 Å². The van der Waals surface area contributed by atoms with Crippen LogP contribution in [0.15, 0.2) is 36.5 Å².